The van der Waals surface area contributed by atoms with E-state index >= 15 is 0 Å². The Bertz CT molecular complexity index is 460. The quantitative estimate of drug-likeness (QED) is 0.692. The summed E-state index contributed by atoms with van der Waals surface area (Å²) in [4.78, 5) is 2.13. The summed E-state index contributed by atoms with van der Waals surface area (Å²) in [5.74, 6) is 0.403. The number of halogens is 1. The van der Waals surface area contributed by atoms with Crippen LogP contribution in [0.1, 0.15) is 18.1 Å². The molecule has 0 radical (unpaired) electrons. The largest absolute Gasteiger partial charge is 0.383 e. The molecule has 0 saturated heterocycles. The Morgan fingerprint density at radius 1 is 1.35 bits per heavy atom. The molecule has 1 atom stereocenters. The summed E-state index contributed by atoms with van der Waals surface area (Å²) >= 11 is 5.82. The van der Waals surface area contributed by atoms with Crippen LogP contribution >= 0.6 is 11.6 Å². The number of hydrogen-bond acceptors (Lipinski definition) is 4. The molecule has 1 rings (SSSR count). The van der Waals surface area contributed by atoms with E-state index in [9.17, 15) is 5.26 Å². The average Bonchev–Trinajstić information content (AvgIpc) is 2.48. The van der Waals surface area contributed by atoms with Gasteiger partial charge in [0.25, 0.3) is 0 Å². The first-order valence-electron chi connectivity index (χ1n) is 6.51. The molecular formula is C15H21ClN2O2. The minimum absolute atomic E-state index is 0.157. The van der Waals surface area contributed by atoms with Crippen molar-refractivity contribution >= 4 is 17.3 Å². The highest BCUT2D eigenvalue weighted by Crippen LogP contribution is 2.24. The predicted molar refractivity (Wildman–Crippen MR) is 81.3 cm³/mol. The number of anilines is 1. The Morgan fingerprint density at radius 3 is 2.65 bits per heavy atom. The molecule has 1 aromatic rings. The lowest BCUT2D eigenvalue weighted by Crippen LogP contribution is -2.39. The van der Waals surface area contributed by atoms with Crippen LogP contribution in [0.4, 0.5) is 5.69 Å². The third kappa shape index (κ3) is 4.38. The smallest absolute Gasteiger partial charge is 0.101 e. The third-order valence-corrected chi connectivity index (χ3v) is 3.43. The van der Waals surface area contributed by atoms with Gasteiger partial charge in [-0.05, 0) is 24.6 Å². The highest BCUT2D eigenvalue weighted by Gasteiger charge is 2.17. The van der Waals surface area contributed by atoms with Gasteiger partial charge in [0.15, 0.2) is 0 Å². The van der Waals surface area contributed by atoms with Crippen molar-refractivity contribution in [3.63, 3.8) is 0 Å². The van der Waals surface area contributed by atoms with Gasteiger partial charge in [0.1, 0.15) is 6.07 Å². The monoisotopic (exact) mass is 296 g/mol. The Balaban J connectivity index is 3.09. The number of nitriles is 1. The lowest BCUT2D eigenvalue weighted by molar-refractivity contribution is 0.171. The van der Waals surface area contributed by atoms with Gasteiger partial charge in [0, 0.05) is 32.7 Å². The molecule has 5 heteroatoms. The summed E-state index contributed by atoms with van der Waals surface area (Å²) in [6, 6.07) is 8.12. The Hall–Kier alpha value is -1.28. The summed E-state index contributed by atoms with van der Waals surface area (Å²) in [5.41, 5.74) is 2.46. The van der Waals surface area contributed by atoms with E-state index < -0.39 is 0 Å². The number of hydrogen-bond donors (Lipinski definition) is 0. The third-order valence-electron chi connectivity index (χ3n) is 3.12. The van der Waals surface area contributed by atoms with Crippen LogP contribution in [0.15, 0.2) is 18.2 Å². The van der Waals surface area contributed by atoms with Gasteiger partial charge in [0.2, 0.25) is 0 Å². The highest BCUT2D eigenvalue weighted by atomic mass is 35.5. The van der Waals surface area contributed by atoms with E-state index in [4.69, 9.17) is 21.1 Å². The van der Waals surface area contributed by atoms with Gasteiger partial charge >= 0.3 is 0 Å². The molecule has 4 nitrogen and oxygen atoms in total. The van der Waals surface area contributed by atoms with Crippen molar-refractivity contribution in [1.29, 1.82) is 5.26 Å². The van der Waals surface area contributed by atoms with Crippen LogP contribution in [-0.4, -0.2) is 40.0 Å². The number of methoxy groups -OCH3 is 2. The van der Waals surface area contributed by atoms with Crippen molar-refractivity contribution in [1.82, 2.24) is 0 Å². The number of ether oxygens (including phenoxy) is 2. The normalized spacial score (nSPS) is 11.9. The molecule has 0 heterocycles. The fraction of sp³-hybridized carbons (Fsp3) is 0.533. The maximum atomic E-state index is 9.34. The molecule has 0 N–H and O–H groups in total. The summed E-state index contributed by atoms with van der Waals surface area (Å²) < 4.78 is 10.4. The second-order valence-electron chi connectivity index (χ2n) is 4.59. The summed E-state index contributed by atoms with van der Waals surface area (Å²) in [5, 5.41) is 9.34. The summed E-state index contributed by atoms with van der Waals surface area (Å²) in [7, 11) is 3.34. The van der Waals surface area contributed by atoms with Crippen LogP contribution in [-0.2, 0) is 15.4 Å². The maximum Gasteiger partial charge on any atom is 0.101 e. The van der Waals surface area contributed by atoms with Crippen molar-refractivity contribution < 1.29 is 9.47 Å². The van der Waals surface area contributed by atoms with E-state index in [-0.39, 0.29) is 6.04 Å². The van der Waals surface area contributed by atoms with E-state index in [1.54, 1.807) is 14.2 Å². The zero-order valence-corrected chi connectivity index (χ0v) is 13.0. The van der Waals surface area contributed by atoms with E-state index in [2.05, 4.69) is 17.9 Å². The molecule has 1 unspecified atom stereocenters. The zero-order valence-electron chi connectivity index (χ0n) is 12.2. The molecule has 0 aliphatic rings. The molecule has 0 amide bonds. The molecular weight excluding hydrogens is 276 g/mol. The van der Waals surface area contributed by atoms with Crippen LogP contribution in [0.25, 0.3) is 0 Å². The second kappa shape index (κ2) is 8.80. The van der Waals surface area contributed by atoms with E-state index in [0.29, 0.717) is 31.2 Å². The summed E-state index contributed by atoms with van der Waals surface area (Å²) in [6.45, 7) is 3.95. The molecule has 0 aliphatic heterocycles. The number of alkyl halides is 1. The van der Waals surface area contributed by atoms with E-state index in [0.717, 1.165) is 11.3 Å². The number of benzene rings is 1. The second-order valence-corrected chi connectivity index (χ2v) is 4.85. The van der Waals surface area contributed by atoms with Crippen LogP contribution in [0, 0.1) is 11.3 Å². The van der Waals surface area contributed by atoms with Gasteiger partial charge in [-0.2, -0.15) is 5.26 Å². The van der Waals surface area contributed by atoms with E-state index in [1.165, 1.54) is 0 Å². The lowest BCUT2D eigenvalue weighted by Gasteiger charge is -2.31. The summed E-state index contributed by atoms with van der Waals surface area (Å²) in [6.07, 6.45) is 0. The molecule has 0 bridgehead atoms. The van der Waals surface area contributed by atoms with Crippen molar-refractivity contribution in [3.05, 3.63) is 29.3 Å². The molecule has 1 aromatic carbocycles. The molecule has 0 aliphatic carbocycles. The molecule has 0 aromatic heterocycles. The predicted octanol–water partition coefficient (Wildman–Crippen LogP) is 2.78. The van der Waals surface area contributed by atoms with Gasteiger partial charge in [-0.25, -0.2) is 0 Å². The van der Waals surface area contributed by atoms with Gasteiger partial charge in [-0.1, -0.05) is 6.07 Å². The molecule has 0 spiro atoms. The van der Waals surface area contributed by atoms with Gasteiger partial charge in [-0.15, -0.1) is 11.6 Å². The molecule has 0 fully saturated rings. The first-order chi connectivity index (χ1) is 9.67. The average molecular weight is 297 g/mol. The zero-order chi connectivity index (χ0) is 15.0. The topological polar surface area (TPSA) is 45.5 Å². The van der Waals surface area contributed by atoms with Crippen molar-refractivity contribution in [2.45, 2.75) is 18.8 Å². The molecule has 110 valence electrons. The maximum absolute atomic E-state index is 9.34. The van der Waals surface area contributed by atoms with Crippen LogP contribution in [0.5, 0.6) is 0 Å². The fourth-order valence-corrected chi connectivity index (χ4v) is 2.27. The first-order valence-corrected chi connectivity index (χ1v) is 7.04. The van der Waals surface area contributed by atoms with Crippen LogP contribution in [0.3, 0.4) is 0 Å². The SMILES string of the molecule is COCCN(c1ccc(CCl)cc1C#N)C(C)COC. The molecule has 0 saturated carbocycles. The van der Waals surface area contributed by atoms with Crippen molar-refractivity contribution in [2.24, 2.45) is 0 Å². The van der Waals surface area contributed by atoms with Crippen LogP contribution in [0.2, 0.25) is 0 Å². The number of nitrogens with zero attached hydrogens (tertiary/aromatic N) is 2. The Morgan fingerprint density at radius 2 is 2.10 bits per heavy atom. The first kappa shape index (κ1) is 16.8. The van der Waals surface area contributed by atoms with Gasteiger partial charge < -0.3 is 14.4 Å². The van der Waals surface area contributed by atoms with E-state index in [1.807, 2.05) is 18.2 Å². The lowest BCUT2D eigenvalue weighted by atomic mass is 10.1. The number of rotatable bonds is 8. The minimum atomic E-state index is 0.157. The van der Waals surface area contributed by atoms with Gasteiger partial charge in [0.05, 0.1) is 24.5 Å². The van der Waals surface area contributed by atoms with Crippen molar-refractivity contribution in [3.8, 4) is 6.07 Å². The highest BCUT2D eigenvalue weighted by molar-refractivity contribution is 6.17. The molecule has 20 heavy (non-hydrogen) atoms. The van der Waals surface area contributed by atoms with Crippen molar-refractivity contribution in [2.75, 3.05) is 38.9 Å². The van der Waals surface area contributed by atoms with Crippen LogP contribution < -0.4 is 4.90 Å². The standard InChI is InChI=1S/C15H21ClN2O2/c1-12(11-20-3)18(6-7-19-2)15-5-4-13(9-16)8-14(15)10-17/h4-5,8,12H,6-7,9,11H2,1-3H3. The van der Waals surface area contributed by atoms with Gasteiger partial charge in [-0.3, -0.25) is 0 Å². The Labute approximate surface area is 125 Å². The minimum Gasteiger partial charge on any atom is -0.383 e. The Kier molecular flexibility index (Phi) is 7.38. The fourth-order valence-electron chi connectivity index (χ4n) is 2.11.